The number of piperidine rings is 1. The minimum Gasteiger partial charge on any atom is -0.472 e. The number of nitrogens with zero attached hydrogens (tertiary/aromatic N) is 2. The summed E-state index contributed by atoms with van der Waals surface area (Å²) in [6.45, 7) is 5.08. The summed E-state index contributed by atoms with van der Waals surface area (Å²) in [5.41, 5.74) is 1.64. The zero-order chi connectivity index (χ0) is 18.0. The van der Waals surface area contributed by atoms with E-state index in [1.54, 1.807) is 18.3 Å². The van der Waals surface area contributed by atoms with Crippen molar-refractivity contribution in [1.29, 1.82) is 0 Å². The van der Waals surface area contributed by atoms with Crippen LogP contribution in [0.3, 0.4) is 0 Å². The number of thiophene rings is 1. The average Bonchev–Trinajstić information content (AvgIpc) is 3.27. The van der Waals surface area contributed by atoms with E-state index < -0.39 is 0 Å². The van der Waals surface area contributed by atoms with Crippen LogP contribution in [0, 0.1) is 6.92 Å². The predicted octanol–water partition coefficient (Wildman–Crippen LogP) is 1.40. The van der Waals surface area contributed by atoms with Gasteiger partial charge in [0.1, 0.15) is 17.9 Å². The van der Waals surface area contributed by atoms with E-state index in [1.165, 1.54) is 10.4 Å². The Hall–Kier alpha value is -1.97. The van der Waals surface area contributed by atoms with Crippen LogP contribution in [0.15, 0.2) is 10.7 Å². The highest BCUT2D eigenvalue weighted by Gasteiger charge is 2.41. The van der Waals surface area contributed by atoms with E-state index in [2.05, 4.69) is 25.6 Å². The molecule has 0 unspecified atom stereocenters. The van der Waals surface area contributed by atoms with E-state index in [4.69, 9.17) is 9.47 Å². The van der Waals surface area contributed by atoms with Crippen molar-refractivity contribution in [3.05, 3.63) is 27.1 Å². The summed E-state index contributed by atoms with van der Waals surface area (Å²) in [6.07, 6.45) is 2.79. The van der Waals surface area contributed by atoms with Gasteiger partial charge in [-0.2, -0.15) is 0 Å². The summed E-state index contributed by atoms with van der Waals surface area (Å²) in [7, 11) is 0. The Morgan fingerprint density at radius 3 is 3.04 bits per heavy atom. The molecule has 2 aromatic rings. The second kappa shape index (κ2) is 7.34. The van der Waals surface area contributed by atoms with E-state index in [0.717, 1.165) is 43.8 Å². The Labute approximate surface area is 155 Å². The van der Waals surface area contributed by atoms with Crippen molar-refractivity contribution in [2.24, 2.45) is 0 Å². The highest BCUT2D eigenvalue weighted by Crippen LogP contribution is 2.44. The molecule has 2 aliphatic heterocycles. The quantitative estimate of drug-likeness (QED) is 0.759. The van der Waals surface area contributed by atoms with Gasteiger partial charge in [-0.05, 0) is 56.1 Å². The van der Waals surface area contributed by atoms with E-state index in [0.29, 0.717) is 24.7 Å². The van der Waals surface area contributed by atoms with Crippen molar-refractivity contribution in [3.63, 3.8) is 0 Å². The molecule has 0 atom stereocenters. The van der Waals surface area contributed by atoms with Crippen LogP contribution in [0.25, 0.3) is 0 Å². The van der Waals surface area contributed by atoms with Gasteiger partial charge in [0.05, 0.1) is 18.0 Å². The summed E-state index contributed by atoms with van der Waals surface area (Å²) in [6, 6.07) is 2.02. The first-order valence-electron chi connectivity index (χ1n) is 8.86. The Kier molecular flexibility index (Phi) is 4.92. The van der Waals surface area contributed by atoms with Crippen LogP contribution in [0.4, 0.5) is 0 Å². The molecule has 0 aromatic carbocycles. The number of carbonyl (C=O) groups excluding carboxylic acids is 1. The van der Waals surface area contributed by atoms with E-state index >= 15 is 0 Å². The standard InChI is InChI=1S/C17H22N4O4S/c1-11-16(21-25-20-11)23-9-7-19-15(22)13-10-12-2-8-24-17(14(12)26-13)3-5-18-6-4-17/h10,18H,2-9H2,1H3,(H,19,22). The van der Waals surface area contributed by atoms with Gasteiger partial charge < -0.3 is 20.1 Å². The monoisotopic (exact) mass is 378 g/mol. The number of nitrogens with one attached hydrogen (secondary N) is 2. The third-order valence-electron chi connectivity index (χ3n) is 4.84. The molecule has 1 spiro atoms. The lowest BCUT2D eigenvalue weighted by atomic mass is 9.86. The molecule has 9 heteroatoms. The number of hydrogen-bond acceptors (Lipinski definition) is 8. The molecule has 0 radical (unpaired) electrons. The van der Waals surface area contributed by atoms with Gasteiger partial charge in [0.2, 0.25) is 0 Å². The van der Waals surface area contributed by atoms with E-state index in [1.807, 2.05) is 6.07 Å². The maximum atomic E-state index is 12.5. The number of rotatable bonds is 5. The summed E-state index contributed by atoms with van der Waals surface area (Å²) in [4.78, 5) is 14.5. The molecule has 0 saturated carbocycles. The number of aryl methyl sites for hydroxylation is 1. The summed E-state index contributed by atoms with van der Waals surface area (Å²) < 4.78 is 16.2. The second-order valence-electron chi connectivity index (χ2n) is 6.57. The van der Waals surface area contributed by atoms with Crippen LogP contribution >= 0.6 is 11.3 Å². The third-order valence-corrected chi connectivity index (χ3v) is 6.21. The molecule has 0 bridgehead atoms. The van der Waals surface area contributed by atoms with Crippen LogP contribution in [-0.4, -0.2) is 49.1 Å². The zero-order valence-electron chi connectivity index (χ0n) is 14.7. The van der Waals surface area contributed by atoms with Crippen molar-refractivity contribution >= 4 is 17.2 Å². The van der Waals surface area contributed by atoms with Gasteiger partial charge in [0.25, 0.3) is 11.8 Å². The molecule has 26 heavy (non-hydrogen) atoms. The van der Waals surface area contributed by atoms with Gasteiger partial charge in [0.15, 0.2) is 0 Å². The van der Waals surface area contributed by atoms with Gasteiger partial charge in [-0.15, -0.1) is 11.3 Å². The fourth-order valence-electron chi connectivity index (χ4n) is 3.49. The average molecular weight is 378 g/mol. The molecule has 2 aromatic heterocycles. The van der Waals surface area contributed by atoms with Gasteiger partial charge in [-0.3, -0.25) is 4.79 Å². The minimum atomic E-state index is -0.206. The molecule has 1 fully saturated rings. The minimum absolute atomic E-state index is 0.0768. The molecule has 1 amide bonds. The zero-order valence-corrected chi connectivity index (χ0v) is 15.5. The smallest absolute Gasteiger partial charge is 0.278 e. The van der Waals surface area contributed by atoms with Crippen molar-refractivity contribution in [2.45, 2.75) is 31.8 Å². The van der Waals surface area contributed by atoms with Crippen LogP contribution in [0.1, 0.15) is 38.6 Å². The van der Waals surface area contributed by atoms with Crippen molar-refractivity contribution in [2.75, 3.05) is 32.8 Å². The van der Waals surface area contributed by atoms with Crippen LogP contribution in [0.2, 0.25) is 0 Å². The number of fused-ring (bicyclic) bond motifs is 2. The highest BCUT2D eigenvalue weighted by atomic mass is 32.1. The molecule has 140 valence electrons. The number of aromatic nitrogens is 2. The lowest BCUT2D eigenvalue weighted by Crippen LogP contribution is -2.43. The fourth-order valence-corrected chi connectivity index (χ4v) is 4.82. The van der Waals surface area contributed by atoms with E-state index in [-0.39, 0.29) is 11.5 Å². The number of ether oxygens (including phenoxy) is 2. The van der Waals surface area contributed by atoms with Crippen LogP contribution in [-0.2, 0) is 16.8 Å². The molecule has 1 saturated heterocycles. The maximum absolute atomic E-state index is 12.5. The largest absolute Gasteiger partial charge is 0.472 e. The van der Waals surface area contributed by atoms with Crippen LogP contribution < -0.4 is 15.4 Å². The van der Waals surface area contributed by atoms with Gasteiger partial charge in [-0.1, -0.05) is 5.16 Å². The Balaban J connectivity index is 1.37. The number of amides is 1. The first kappa shape index (κ1) is 17.4. The topological polar surface area (TPSA) is 98.5 Å². The Morgan fingerprint density at radius 2 is 2.27 bits per heavy atom. The summed E-state index contributed by atoms with van der Waals surface area (Å²) in [5, 5.41) is 13.6. The SMILES string of the molecule is Cc1nonc1OCCNC(=O)c1cc2c(s1)C1(CCNCC1)OCC2. The summed E-state index contributed by atoms with van der Waals surface area (Å²) in [5.74, 6) is 0.280. The van der Waals surface area contributed by atoms with E-state index in [9.17, 15) is 4.79 Å². The predicted molar refractivity (Wildman–Crippen MR) is 94.6 cm³/mol. The number of carbonyl (C=O) groups is 1. The molecule has 8 nitrogen and oxygen atoms in total. The lowest BCUT2D eigenvalue weighted by Gasteiger charge is -2.40. The fraction of sp³-hybridized carbons (Fsp3) is 0.588. The summed E-state index contributed by atoms with van der Waals surface area (Å²) >= 11 is 1.56. The Bertz CT molecular complexity index is 782. The van der Waals surface area contributed by atoms with Gasteiger partial charge >= 0.3 is 0 Å². The molecule has 2 N–H and O–H groups in total. The molecule has 0 aliphatic carbocycles. The third kappa shape index (κ3) is 3.34. The van der Waals surface area contributed by atoms with Gasteiger partial charge in [-0.25, -0.2) is 4.63 Å². The molecular formula is C17H22N4O4S. The van der Waals surface area contributed by atoms with Crippen molar-refractivity contribution in [1.82, 2.24) is 20.9 Å². The number of hydrogen-bond donors (Lipinski definition) is 2. The molecular weight excluding hydrogens is 356 g/mol. The van der Waals surface area contributed by atoms with Crippen molar-refractivity contribution < 1.29 is 18.9 Å². The second-order valence-corrected chi connectivity index (χ2v) is 7.62. The molecule has 4 rings (SSSR count). The molecule has 2 aliphatic rings. The lowest BCUT2D eigenvalue weighted by molar-refractivity contribution is -0.0771. The highest BCUT2D eigenvalue weighted by molar-refractivity contribution is 7.14. The maximum Gasteiger partial charge on any atom is 0.278 e. The normalized spacial score (nSPS) is 18.5. The first-order chi connectivity index (χ1) is 12.7. The Morgan fingerprint density at radius 1 is 1.42 bits per heavy atom. The van der Waals surface area contributed by atoms with Crippen LogP contribution in [0.5, 0.6) is 5.88 Å². The van der Waals surface area contributed by atoms with Gasteiger partial charge in [0, 0.05) is 4.88 Å². The molecule has 4 heterocycles. The van der Waals surface area contributed by atoms with Crippen molar-refractivity contribution in [3.8, 4) is 5.88 Å². The first-order valence-corrected chi connectivity index (χ1v) is 9.68.